The highest BCUT2D eigenvalue weighted by Crippen LogP contribution is 2.16. The molecule has 0 aromatic rings. The smallest absolute Gasteiger partial charge is 0.306 e. The van der Waals surface area contributed by atoms with Crippen molar-refractivity contribution in [3.8, 4) is 0 Å². The van der Waals surface area contributed by atoms with Crippen LogP contribution in [0.1, 0.15) is 271 Å². The Bertz CT molecular complexity index is 1550. The highest BCUT2D eigenvalue weighted by molar-refractivity contribution is 5.71. The minimum absolute atomic E-state index is 0.109. The van der Waals surface area contributed by atoms with Crippen LogP contribution in [0.2, 0.25) is 0 Å². The summed E-state index contributed by atoms with van der Waals surface area (Å²) >= 11 is 0. The van der Waals surface area contributed by atoms with Crippen molar-refractivity contribution < 1.29 is 28.6 Å². The predicted molar refractivity (Wildman–Crippen MR) is 320 cm³/mol. The second-order valence-electron chi connectivity index (χ2n) is 19.8. The van der Waals surface area contributed by atoms with Crippen LogP contribution in [0.15, 0.2) is 122 Å². The lowest BCUT2D eigenvalue weighted by Gasteiger charge is -2.18. The lowest BCUT2D eigenvalue weighted by Crippen LogP contribution is -2.30. The van der Waals surface area contributed by atoms with E-state index in [2.05, 4.69) is 130 Å². The first kappa shape index (κ1) is 69.8. The zero-order valence-corrected chi connectivity index (χ0v) is 48.1. The number of rotatable bonds is 54. The topological polar surface area (TPSA) is 78.9 Å². The van der Waals surface area contributed by atoms with Crippen LogP contribution in [-0.2, 0) is 28.6 Å². The molecular formula is C68H112O6. The van der Waals surface area contributed by atoms with Gasteiger partial charge in [-0.25, -0.2) is 0 Å². The maximum Gasteiger partial charge on any atom is 0.306 e. The summed E-state index contributed by atoms with van der Waals surface area (Å²) in [6, 6.07) is 0. The average Bonchev–Trinajstić information content (AvgIpc) is 3.40. The summed E-state index contributed by atoms with van der Waals surface area (Å²) in [4.78, 5) is 38.0. The number of ether oxygens (including phenoxy) is 3. The first-order valence-corrected chi connectivity index (χ1v) is 30.5. The van der Waals surface area contributed by atoms with Gasteiger partial charge in [0.25, 0.3) is 0 Å². The van der Waals surface area contributed by atoms with Crippen LogP contribution in [-0.4, -0.2) is 37.2 Å². The molecule has 0 aliphatic rings. The molecule has 420 valence electrons. The first-order valence-electron chi connectivity index (χ1n) is 30.5. The summed E-state index contributed by atoms with van der Waals surface area (Å²) in [6.07, 6.45) is 85.3. The lowest BCUT2D eigenvalue weighted by molar-refractivity contribution is -0.166. The van der Waals surface area contributed by atoms with Crippen molar-refractivity contribution in [2.75, 3.05) is 13.2 Å². The maximum atomic E-state index is 12.8. The number of hydrogen-bond donors (Lipinski definition) is 0. The van der Waals surface area contributed by atoms with E-state index in [0.717, 1.165) is 116 Å². The van der Waals surface area contributed by atoms with E-state index in [1.54, 1.807) is 0 Å². The molecule has 0 saturated heterocycles. The molecule has 0 aliphatic carbocycles. The van der Waals surface area contributed by atoms with Gasteiger partial charge in [-0.1, -0.05) is 264 Å². The molecule has 0 aromatic carbocycles. The van der Waals surface area contributed by atoms with E-state index in [9.17, 15) is 14.4 Å². The van der Waals surface area contributed by atoms with Gasteiger partial charge in [-0.05, 0) is 109 Å². The number of esters is 3. The van der Waals surface area contributed by atoms with Crippen molar-refractivity contribution in [1.29, 1.82) is 0 Å². The molecule has 1 atom stereocenters. The van der Waals surface area contributed by atoms with Crippen LogP contribution in [0.25, 0.3) is 0 Å². The number of unbranched alkanes of at least 4 members (excludes halogenated alkanes) is 23. The highest BCUT2D eigenvalue weighted by atomic mass is 16.6. The largest absolute Gasteiger partial charge is 0.462 e. The fourth-order valence-corrected chi connectivity index (χ4v) is 8.19. The number of carbonyl (C=O) groups is 3. The molecule has 0 saturated carbocycles. The van der Waals surface area contributed by atoms with E-state index in [1.807, 2.05) is 12.2 Å². The van der Waals surface area contributed by atoms with Gasteiger partial charge < -0.3 is 14.2 Å². The van der Waals surface area contributed by atoms with E-state index >= 15 is 0 Å². The average molecular weight is 1030 g/mol. The molecule has 1 unspecified atom stereocenters. The van der Waals surface area contributed by atoms with Gasteiger partial charge in [0, 0.05) is 19.3 Å². The summed E-state index contributed by atoms with van der Waals surface area (Å²) in [5.41, 5.74) is 0. The lowest BCUT2D eigenvalue weighted by atomic mass is 10.0. The molecule has 0 bridgehead atoms. The zero-order chi connectivity index (χ0) is 53.6. The summed E-state index contributed by atoms with van der Waals surface area (Å²) in [5, 5.41) is 0. The molecule has 6 nitrogen and oxygen atoms in total. The van der Waals surface area contributed by atoms with Gasteiger partial charge in [0.1, 0.15) is 13.2 Å². The van der Waals surface area contributed by atoms with E-state index in [4.69, 9.17) is 14.2 Å². The monoisotopic (exact) mass is 1020 g/mol. The molecule has 6 heteroatoms. The Kier molecular flexibility index (Phi) is 57.9. The molecule has 0 radical (unpaired) electrons. The van der Waals surface area contributed by atoms with Crippen molar-refractivity contribution in [3.05, 3.63) is 122 Å². The van der Waals surface area contributed by atoms with E-state index in [0.29, 0.717) is 19.3 Å². The van der Waals surface area contributed by atoms with Gasteiger partial charge in [-0.15, -0.1) is 0 Å². The van der Waals surface area contributed by atoms with Gasteiger partial charge in [0.15, 0.2) is 6.10 Å². The summed E-state index contributed by atoms with van der Waals surface area (Å²) in [5.74, 6) is -1.00. The Morgan fingerprint density at radius 2 is 0.554 bits per heavy atom. The van der Waals surface area contributed by atoms with Crippen LogP contribution < -0.4 is 0 Å². The molecule has 0 aliphatic heterocycles. The molecule has 0 fully saturated rings. The Morgan fingerprint density at radius 3 is 0.892 bits per heavy atom. The van der Waals surface area contributed by atoms with Crippen LogP contribution in [0.5, 0.6) is 0 Å². The van der Waals surface area contributed by atoms with Crippen molar-refractivity contribution in [1.82, 2.24) is 0 Å². The van der Waals surface area contributed by atoms with Crippen molar-refractivity contribution in [2.24, 2.45) is 0 Å². The third-order valence-corrected chi connectivity index (χ3v) is 12.7. The standard InChI is InChI=1S/C68H112O6/c1-4-7-10-13-16-19-22-24-25-26-27-28-29-30-31-32-33-34-35-36-37-38-39-40-41-42-43-45-46-49-52-55-58-61-67(70)73-64-65(63-72-66(69)60-57-54-51-48-21-18-15-12-9-6-3)74-68(71)62-59-56-53-50-47-44-23-20-17-14-11-8-5-2/h7-8,10-12,15-17,19-20,24-25,27-28,30-31,44,47,53,56,65H,4-6,9,13-14,18,21-23,26,29,32-43,45-46,48-52,54-55,57-64H2,1-3H3/b10-7-,11-8-,15-12-,19-16-,20-17-,25-24-,28-27-,31-30-,47-44-,56-53-. The number of carbonyl (C=O) groups excluding carboxylic acids is 3. The van der Waals surface area contributed by atoms with E-state index < -0.39 is 12.1 Å². The van der Waals surface area contributed by atoms with Crippen LogP contribution in [0, 0.1) is 0 Å². The minimum Gasteiger partial charge on any atom is -0.462 e. The molecular weight excluding hydrogens is 913 g/mol. The third-order valence-electron chi connectivity index (χ3n) is 12.7. The second-order valence-corrected chi connectivity index (χ2v) is 19.8. The molecule has 74 heavy (non-hydrogen) atoms. The third kappa shape index (κ3) is 58.7. The normalized spacial score (nSPS) is 13.0. The van der Waals surface area contributed by atoms with Crippen LogP contribution in [0.4, 0.5) is 0 Å². The van der Waals surface area contributed by atoms with Gasteiger partial charge in [-0.3, -0.25) is 14.4 Å². The van der Waals surface area contributed by atoms with Gasteiger partial charge >= 0.3 is 17.9 Å². The Balaban J connectivity index is 4.12. The molecule has 0 amide bonds. The predicted octanol–water partition coefficient (Wildman–Crippen LogP) is 20.8. The highest BCUT2D eigenvalue weighted by Gasteiger charge is 2.19. The van der Waals surface area contributed by atoms with Crippen molar-refractivity contribution in [2.45, 2.75) is 277 Å². The Labute approximate surface area is 456 Å². The molecule has 0 rings (SSSR count). The van der Waals surface area contributed by atoms with Crippen LogP contribution in [0.3, 0.4) is 0 Å². The SMILES string of the molecule is CC/C=C\C/C=C\C/C=C\C/C=C\C/C=C\CCCCCCCCCCCCCCCCCCCC(=O)OCC(COC(=O)CCCCCCC/C=C\CCC)OC(=O)CC/C=C\C/C=C\C/C=C\C/C=C\CC. The number of hydrogen-bond acceptors (Lipinski definition) is 6. The molecule has 0 N–H and O–H groups in total. The molecule has 0 spiro atoms. The minimum atomic E-state index is -0.819. The van der Waals surface area contributed by atoms with E-state index in [-0.39, 0.29) is 31.6 Å². The van der Waals surface area contributed by atoms with Crippen molar-refractivity contribution in [3.63, 3.8) is 0 Å². The van der Waals surface area contributed by atoms with E-state index in [1.165, 1.54) is 109 Å². The fraction of sp³-hybridized carbons (Fsp3) is 0.662. The number of allylic oxidation sites excluding steroid dienone is 20. The maximum absolute atomic E-state index is 12.8. The Hall–Kier alpha value is -4.19. The fourth-order valence-electron chi connectivity index (χ4n) is 8.19. The van der Waals surface area contributed by atoms with Gasteiger partial charge in [0.2, 0.25) is 0 Å². The Morgan fingerprint density at radius 1 is 0.284 bits per heavy atom. The van der Waals surface area contributed by atoms with Gasteiger partial charge in [-0.2, -0.15) is 0 Å². The summed E-state index contributed by atoms with van der Waals surface area (Å²) < 4.78 is 16.7. The van der Waals surface area contributed by atoms with Gasteiger partial charge in [0.05, 0.1) is 0 Å². The summed E-state index contributed by atoms with van der Waals surface area (Å²) in [7, 11) is 0. The molecule has 0 heterocycles. The second kappa shape index (κ2) is 61.4. The van der Waals surface area contributed by atoms with Crippen LogP contribution >= 0.6 is 0 Å². The first-order chi connectivity index (χ1) is 36.5. The quantitative estimate of drug-likeness (QED) is 0.0261. The summed E-state index contributed by atoms with van der Waals surface area (Å²) in [6.45, 7) is 6.28. The van der Waals surface area contributed by atoms with Crippen molar-refractivity contribution >= 4 is 17.9 Å². The zero-order valence-electron chi connectivity index (χ0n) is 48.1. The molecule has 0 aromatic heterocycles.